The Morgan fingerprint density at radius 2 is 2.00 bits per heavy atom. The van der Waals surface area contributed by atoms with Crippen molar-refractivity contribution in [3.63, 3.8) is 0 Å². The fourth-order valence-corrected chi connectivity index (χ4v) is 1.22. The third-order valence-electron chi connectivity index (χ3n) is 1.97. The lowest BCUT2D eigenvalue weighted by Gasteiger charge is -2.19. The van der Waals surface area contributed by atoms with Crippen molar-refractivity contribution in [2.24, 2.45) is 0 Å². The molecule has 8 heteroatoms. The van der Waals surface area contributed by atoms with Crippen molar-refractivity contribution in [2.75, 3.05) is 18.8 Å². The summed E-state index contributed by atoms with van der Waals surface area (Å²) in [5, 5.41) is 11.2. The molecule has 1 rings (SSSR count). The zero-order valence-corrected chi connectivity index (χ0v) is 11.2. The van der Waals surface area contributed by atoms with Crippen LogP contribution in [0.25, 0.3) is 0 Å². The highest BCUT2D eigenvalue weighted by molar-refractivity contribution is 5.96. The number of H-pyrrole nitrogens is 1. The maximum Gasteiger partial charge on any atom is 0.407 e. The number of alkyl carbamates (subject to hydrolysis) is 1. The standard InChI is InChI=1S/C11H19N5O3/c1-11(2,3)19-10(18)14-5-4-13-9(17)8-7(12)6-15-16-8/h6H,4-5,12H2,1-3H3,(H,13,17)(H,14,18)(H,15,16). The summed E-state index contributed by atoms with van der Waals surface area (Å²) in [5.74, 6) is -0.374. The third kappa shape index (κ3) is 5.28. The number of hydrogen-bond donors (Lipinski definition) is 4. The second kappa shape index (κ2) is 6.07. The van der Waals surface area contributed by atoms with Gasteiger partial charge in [0.25, 0.3) is 5.91 Å². The van der Waals surface area contributed by atoms with Crippen molar-refractivity contribution >= 4 is 17.7 Å². The SMILES string of the molecule is CC(C)(C)OC(=O)NCCNC(=O)c1[nH]ncc1N. The van der Waals surface area contributed by atoms with Crippen LogP contribution >= 0.6 is 0 Å². The molecule has 5 N–H and O–H groups in total. The minimum Gasteiger partial charge on any atom is -0.444 e. The van der Waals surface area contributed by atoms with Gasteiger partial charge >= 0.3 is 6.09 Å². The van der Waals surface area contributed by atoms with Gasteiger partial charge in [0.2, 0.25) is 0 Å². The van der Waals surface area contributed by atoms with Crippen molar-refractivity contribution in [1.82, 2.24) is 20.8 Å². The van der Waals surface area contributed by atoms with Gasteiger partial charge in [-0.3, -0.25) is 9.89 Å². The van der Waals surface area contributed by atoms with Crippen LogP contribution in [0.2, 0.25) is 0 Å². The van der Waals surface area contributed by atoms with Gasteiger partial charge < -0.3 is 21.1 Å². The first-order chi connectivity index (χ1) is 8.79. The first kappa shape index (κ1) is 14.8. The molecule has 0 aliphatic carbocycles. The zero-order chi connectivity index (χ0) is 14.5. The van der Waals surface area contributed by atoms with Gasteiger partial charge in [-0.15, -0.1) is 0 Å². The second-order valence-electron chi connectivity index (χ2n) is 4.88. The van der Waals surface area contributed by atoms with Gasteiger partial charge in [-0.25, -0.2) is 4.79 Å². The monoisotopic (exact) mass is 269 g/mol. The van der Waals surface area contributed by atoms with Gasteiger partial charge in [0.15, 0.2) is 0 Å². The Hall–Kier alpha value is -2.25. The Morgan fingerprint density at radius 1 is 1.37 bits per heavy atom. The highest BCUT2D eigenvalue weighted by atomic mass is 16.6. The first-order valence-corrected chi connectivity index (χ1v) is 5.83. The maximum atomic E-state index is 11.6. The lowest BCUT2D eigenvalue weighted by Crippen LogP contribution is -2.38. The molecule has 0 atom stereocenters. The van der Waals surface area contributed by atoms with Crippen LogP contribution in [-0.4, -0.2) is 40.9 Å². The minimum absolute atomic E-state index is 0.206. The number of nitrogens with two attached hydrogens (primary N) is 1. The minimum atomic E-state index is -0.544. The van der Waals surface area contributed by atoms with Crippen molar-refractivity contribution < 1.29 is 14.3 Å². The third-order valence-corrected chi connectivity index (χ3v) is 1.97. The van der Waals surface area contributed by atoms with Crippen LogP contribution in [0.5, 0.6) is 0 Å². The summed E-state index contributed by atoms with van der Waals surface area (Å²) in [7, 11) is 0. The van der Waals surface area contributed by atoms with Crippen LogP contribution in [-0.2, 0) is 4.74 Å². The van der Waals surface area contributed by atoms with Gasteiger partial charge in [0.1, 0.15) is 11.3 Å². The lowest BCUT2D eigenvalue weighted by molar-refractivity contribution is 0.0526. The molecule has 0 aliphatic rings. The fraction of sp³-hybridized carbons (Fsp3) is 0.545. The quantitative estimate of drug-likeness (QED) is 0.583. The van der Waals surface area contributed by atoms with Crippen molar-refractivity contribution in [1.29, 1.82) is 0 Å². The van der Waals surface area contributed by atoms with Crippen molar-refractivity contribution in [2.45, 2.75) is 26.4 Å². The Morgan fingerprint density at radius 3 is 2.53 bits per heavy atom. The number of nitrogens with zero attached hydrogens (tertiary/aromatic N) is 1. The number of rotatable bonds is 4. The van der Waals surface area contributed by atoms with Gasteiger partial charge in [-0.1, -0.05) is 0 Å². The number of ether oxygens (including phenoxy) is 1. The molecule has 8 nitrogen and oxygen atoms in total. The van der Waals surface area contributed by atoms with Crippen LogP contribution in [0.3, 0.4) is 0 Å². The zero-order valence-electron chi connectivity index (χ0n) is 11.2. The topological polar surface area (TPSA) is 122 Å². The van der Waals surface area contributed by atoms with Crippen LogP contribution in [0.4, 0.5) is 10.5 Å². The number of anilines is 1. The number of aromatic nitrogens is 2. The molecule has 0 spiro atoms. The van der Waals surface area contributed by atoms with E-state index in [1.807, 2.05) is 0 Å². The molecule has 106 valence electrons. The van der Waals surface area contributed by atoms with E-state index in [0.717, 1.165) is 0 Å². The molecule has 0 aliphatic heterocycles. The number of carbonyl (C=O) groups is 2. The molecule has 0 radical (unpaired) electrons. The van der Waals surface area contributed by atoms with Crippen LogP contribution in [0.15, 0.2) is 6.20 Å². The molecule has 0 fully saturated rings. The first-order valence-electron chi connectivity index (χ1n) is 5.83. The molecule has 0 saturated carbocycles. The van der Waals surface area contributed by atoms with Gasteiger partial charge in [-0.05, 0) is 20.8 Å². The summed E-state index contributed by atoms with van der Waals surface area (Å²) in [6.45, 7) is 5.84. The summed E-state index contributed by atoms with van der Waals surface area (Å²) in [4.78, 5) is 22.9. The molecule has 1 heterocycles. The molecule has 0 bridgehead atoms. The lowest BCUT2D eigenvalue weighted by atomic mass is 10.2. The highest BCUT2D eigenvalue weighted by Gasteiger charge is 2.15. The molecule has 0 aromatic carbocycles. The fourth-order valence-electron chi connectivity index (χ4n) is 1.22. The smallest absolute Gasteiger partial charge is 0.407 e. The largest absolute Gasteiger partial charge is 0.444 e. The van der Waals surface area contributed by atoms with Crippen LogP contribution in [0.1, 0.15) is 31.3 Å². The average molecular weight is 269 g/mol. The van der Waals surface area contributed by atoms with Crippen LogP contribution in [0, 0.1) is 0 Å². The van der Waals surface area contributed by atoms with E-state index in [2.05, 4.69) is 20.8 Å². The van der Waals surface area contributed by atoms with Crippen molar-refractivity contribution in [3.05, 3.63) is 11.9 Å². The molecule has 1 aromatic heterocycles. The summed E-state index contributed by atoms with van der Waals surface area (Å²) in [6.07, 6.45) is 0.830. The number of nitrogens with one attached hydrogen (secondary N) is 3. The van der Waals surface area contributed by atoms with E-state index in [1.54, 1.807) is 20.8 Å². The Kier molecular flexibility index (Phi) is 4.74. The molecular formula is C11H19N5O3. The van der Waals surface area contributed by atoms with E-state index < -0.39 is 11.7 Å². The number of nitrogen functional groups attached to an aromatic ring is 1. The summed E-state index contributed by atoms with van der Waals surface area (Å²) in [5.41, 5.74) is 5.46. The number of carbonyl (C=O) groups excluding carboxylic acids is 2. The van der Waals surface area contributed by atoms with E-state index in [9.17, 15) is 9.59 Å². The van der Waals surface area contributed by atoms with Crippen LogP contribution < -0.4 is 16.4 Å². The van der Waals surface area contributed by atoms with Gasteiger partial charge in [0, 0.05) is 13.1 Å². The van der Waals surface area contributed by atoms with E-state index in [4.69, 9.17) is 10.5 Å². The van der Waals surface area contributed by atoms with Gasteiger partial charge in [-0.2, -0.15) is 5.10 Å². The Bertz CT molecular complexity index is 449. The number of amides is 2. The van der Waals surface area contributed by atoms with Crippen molar-refractivity contribution in [3.8, 4) is 0 Å². The normalized spacial score (nSPS) is 10.9. The summed E-state index contributed by atoms with van der Waals surface area (Å²) >= 11 is 0. The van der Waals surface area contributed by atoms with Gasteiger partial charge in [0.05, 0.1) is 11.9 Å². The van der Waals surface area contributed by atoms with E-state index >= 15 is 0 Å². The molecule has 1 aromatic rings. The average Bonchev–Trinajstić information content (AvgIpc) is 2.68. The predicted octanol–water partition coefficient (Wildman–Crippen LogP) is 0.246. The second-order valence-corrected chi connectivity index (χ2v) is 4.88. The van der Waals surface area contributed by atoms with E-state index in [1.165, 1.54) is 6.20 Å². The van der Waals surface area contributed by atoms with E-state index in [0.29, 0.717) is 0 Å². The Labute approximate surface area is 111 Å². The molecule has 2 amide bonds. The number of hydrogen-bond acceptors (Lipinski definition) is 5. The summed E-state index contributed by atoms with van der Waals surface area (Å²) < 4.78 is 5.04. The molecular weight excluding hydrogens is 250 g/mol. The maximum absolute atomic E-state index is 11.6. The predicted molar refractivity (Wildman–Crippen MR) is 69.6 cm³/mol. The summed E-state index contributed by atoms with van der Waals surface area (Å²) in [6, 6.07) is 0. The van der Waals surface area contributed by atoms with E-state index in [-0.39, 0.29) is 30.4 Å². The molecule has 0 saturated heterocycles. The Balaban J connectivity index is 2.23. The highest BCUT2D eigenvalue weighted by Crippen LogP contribution is 2.06. The molecule has 0 unspecified atom stereocenters. The molecule has 19 heavy (non-hydrogen) atoms. The number of aromatic amines is 1.